The first kappa shape index (κ1) is 18.4. The van der Waals surface area contributed by atoms with E-state index in [1.165, 1.54) is 9.71 Å². The lowest BCUT2D eigenvalue weighted by molar-refractivity contribution is -0.139. The summed E-state index contributed by atoms with van der Waals surface area (Å²) in [7, 11) is 0. The molecule has 0 unspecified atom stereocenters. The highest BCUT2D eigenvalue weighted by atomic mass is 79.9. The molecule has 1 aliphatic rings. The lowest BCUT2D eigenvalue weighted by Gasteiger charge is -2.32. The number of benzene rings is 2. The van der Waals surface area contributed by atoms with Gasteiger partial charge in [-0.1, -0.05) is 28.1 Å². The second-order valence-electron chi connectivity index (χ2n) is 6.83. The number of likely N-dealkylation sites (tertiary alicyclic amines) is 1. The van der Waals surface area contributed by atoms with Crippen LogP contribution >= 0.6 is 27.3 Å². The molecule has 4 rings (SSSR count). The molecule has 0 saturated carbocycles. The van der Waals surface area contributed by atoms with Crippen molar-refractivity contribution in [1.29, 1.82) is 0 Å². The minimum Gasteiger partial charge on any atom is -0.481 e. The van der Waals surface area contributed by atoms with Crippen molar-refractivity contribution in [3.05, 3.63) is 58.0 Å². The number of ether oxygens (including phenoxy) is 1. The number of nitrogens with zero attached hydrogens (tertiary/aromatic N) is 2. The van der Waals surface area contributed by atoms with Crippen molar-refractivity contribution in [1.82, 2.24) is 9.88 Å². The normalized spacial score (nSPS) is 16.4. The summed E-state index contributed by atoms with van der Waals surface area (Å²) in [4.78, 5) is 19.4. The van der Waals surface area contributed by atoms with Crippen LogP contribution in [0.3, 0.4) is 0 Å². The Kier molecular flexibility index (Phi) is 5.45. The van der Waals surface area contributed by atoms with E-state index >= 15 is 0 Å². The van der Waals surface area contributed by atoms with Gasteiger partial charge in [0.25, 0.3) is 5.91 Å². The van der Waals surface area contributed by atoms with E-state index < -0.39 is 6.10 Å². The Bertz CT molecular complexity index is 900. The third-order valence-corrected chi connectivity index (χ3v) is 6.67. The number of amides is 1. The summed E-state index contributed by atoms with van der Waals surface area (Å²) in [6.45, 7) is 3.34. The summed E-state index contributed by atoms with van der Waals surface area (Å²) in [5.41, 5.74) is 1.08. The number of carbonyl (C=O) groups excluding carboxylic acids is 1. The number of thiazole rings is 1. The number of rotatable bonds is 4. The van der Waals surface area contributed by atoms with Crippen molar-refractivity contribution in [2.45, 2.75) is 31.8 Å². The summed E-state index contributed by atoms with van der Waals surface area (Å²) in [5, 5.41) is 1.20. The van der Waals surface area contributed by atoms with Crippen molar-refractivity contribution in [2.24, 2.45) is 0 Å². The molecule has 1 aromatic heterocycles. The average Bonchev–Trinajstić information content (AvgIpc) is 3.13. The van der Waals surface area contributed by atoms with E-state index in [1.807, 2.05) is 42.2 Å². The van der Waals surface area contributed by atoms with Gasteiger partial charge in [0.05, 0.1) is 15.2 Å². The van der Waals surface area contributed by atoms with Gasteiger partial charge in [-0.25, -0.2) is 4.98 Å². The first-order chi connectivity index (χ1) is 13.1. The van der Waals surface area contributed by atoms with Crippen molar-refractivity contribution >= 4 is 43.4 Å². The molecule has 0 N–H and O–H groups in total. The number of fused-ring (bicyclic) bond motifs is 1. The number of halogens is 1. The summed E-state index contributed by atoms with van der Waals surface area (Å²) in [6, 6.07) is 15.8. The molecule has 0 spiro atoms. The second-order valence-corrected chi connectivity index (χ2v) is 8.81. The number of hydrogen-bond acceptors (Lipinski definition) is 4. The van der Waals surface area contributed by atoms with Gasteiger partial charge in [-0.2, -0.15) is 0 Å². The van der Waals surface area contributed by atoms with Crippen molar-refractivity contribution in [3.63, 3.8) is 0 Å². The smallest absolute Gasteiger partial charge is 0.263 e. The Morgan fingerprint density at radius 1 is 1.19 bits per heavy atom. The second kappa shape index (κ2) is 7.98. The zero-order valence-corrected chi connectivity index (χ0v) is 17.5. The summed E-state index contributed by atoms with van der Waals surface area (Å²) in [5.74, 6) is 1.21. The quantitative estimate of drug-likeness (QED) is 0.552. The van der Waals surface area contributed by atoms with Crippen molar-refractivity contribution in [2.75, 3.05) is 13.1 Å². The highest BCUT2D eigenvalue weighted by molar-refractivity contribution is 9.10. The van der Waals surface area contributed by atoms with E-state index in [0.717, 1.165) is 35.9 Å². The average molecular weight is 445 g/mol. The Morgan fingerprint density at radius 2 is 1.89 bits per heavy atom. The molecule has 4 nitrogen and oxygen atoms in total. The molecule has 0 aliphatic carbocycles. The molecule has 1 saturated heterocycles. The van der Waals surface area contributed by atoms with Crippen molar-refractivity contribution < 1.29 is 9.53 Å². The number of para-hydroxylation sites is 1. The van der Waals surface area contributed by atoms with E-state index in [1.54, 1.807) is 11.3 Å². The van der Waals surface area contributed by atoms with E-state index in [2.05, 4.69) is 34.1 Å². The number of carbonyl (C=O) groups is 1. The molecule has 1 aliphatic heterocycles. The van der Waals surface area contributed by atoms with E-state index in [4.69, 9.17) is 9.72 Å². The number of hydrogen-bond donors (Lipinski definition) is 0. The SMILES string of the molecule is C[C@H](Oc1ccc(Br)cc1)C(=O)N1CCC(c2nc3ccccc3s2)CC1. The molecule has 3 aromatic rings. The summed E-state index contributed by atoms with van der Waals surface area (Å²) < 4.78 is 8.04. The van der Waals surface area contributed by atoms with Gasteiger partial charge in [0.1, 0.15) is 5.75 Å². The highest BCUT2D eigenvalue weighted by Gasteiger charge is 2.29. The standard InChI is InChI=1S/C21H21BrN2O2S/c1-14(26-17-8-6-16(22)7-9-17)21(25)24-12-10-15(11-13-24)20-23-18-4-2-3-5-19(18)27-20/h2-9,14-15H,10-13H2,1H3/t14-/m0/s1. The van der Waals surface area contributed by atoms with Crippen LogP contribution in [0.1, 0.15) is 30.7 Å². The maximum absolute atomic E-state index is 12.7. The van der Waals surface area contributed by atoms with Crippen LogP contribution in [-0.2, 0) is 4.79 Å². The van der Waals surface area contributed by atoms with Gasteiger partial charge in [-0.05, 0) is 56.2 Å². The third-order valence-electron chi connectivity index (χ3n) is 4.94. The number of aromatic nitrogens is 1. The van der Waals surface area contributed by atoms with Gasteiger partial charge < -0.3 is 9.64 Å². The summed E-state index contributed by atoms with van der Waals surface area (Å²) >= 11 is 5.18. The van der Waals surface area contributed by atoms with Crippen LogP contribution in [-0.4, -0.2) is 35.0 Å². The lowest BCUT2D eigenvalue weighted by Crippen LogP contribution is -2.44. The van der Waals surface area contributed by atoms with Crippen LogP contribution in [0.25, 0.3) is 10.2 Å². The van der Waals surface area contributed by atoms with Crippen LogP contribution in [0.5, 0.6) is 5.75 Å². The Labute approximate surface area is 171 Å². The molecule has 2 heterocycles. The Morgan fingerprint density at radius 3 is 2.59 bits per heavy atom. The van der Waals surface area contributed by atoms with Crippen LogP contribution in [0.4, 0.5) is 0 Å². The lowest BCUT2D eigenvalue weighted by atomic mass is 9.97. The maximum Gasteiger partial charge on any atom is 0.263 e. The third kappa shape index (κ3) is 4.17. The number of piperidine rings is 1. The van der Waals surface area contributed by atoms with Gasteiger partial charge in [0.2, 0.25) is 0 Å². The molecule has 2 aromatic carbocycles. The molecule has 140 valence electrons. The molecular weight excluding hydrogens is 424 g/mol. The topological polar surface area (TPSA) is 42.4 Å². The fourth-order valence-electron chi connectivity index (χ4n) is 3.44. The molecule has 6 heteroatoms. The zero-order valence-electron chi connectivity index (χ0n) is 15.1. The van der Waals surface area contributed by atoms with Crippen LogP contribution in [0.15, 0.2) is 53.0 Å². The van der Waals surface area contributed by atoms with Gasteiger partial charge >= 0.3 is 0 Å². The van der Waals surface area contributed by atoms with E-state index in [0.29, 0.717) is 11.7 Å². The molecular formula is C21H21BrN2O2S. The first-order valence-electron chi connectivity index (χ1n) is 9.16. The maximum atomic E-state index is 12.7. The predicted molar refractivity (Wildman–Crippen MR) is 112 cm³/mol. The van der Waals surface area contributed by atoms with Crippen LogP contribution in [0.2, 0.25) is 0 Å². The zero-order chi connectivity index (χ0) is 18.8. The molecule has 1 fully saturated rings. The van der Waals surface area contributed by atoms with E-state index in [9.17, 15) is 4.79 Å². The van der Waals surface area contributed by atoms with Gasteiger partial charge in [-0.3, -0.25) is 4.79 Å². The Balaban J connectivity index is 1.35. The Hall–Kier alpha value is -1.92. The highest BCUT2D eigenvalue weighted by Crippen LogP contribution is 2.34. The summed E-state index contributed by atoms with van der Waals surface area (Å²) in [6.07, 6.45) is 1.43. The van der Waals surface area contributed by atoms with Crippen LogP contribution in [0, 0.1) is 0 Å². The monoisotopic (exact) mass is 444 g/mol. The molecule has 1 amide bonds. The fourth-order valence-corrected chi connectivity index (χ4v) is 4.84. The largest absolute Gasteiger partial charge is 0.481 e. The first-order valence-corrected chi connectivity index (χ1v) is 10.8. The van der Waals surface area contributed by atoms with Gasteiger partial charge in [0, 0.05) is 23.5 Å². The predicted octanol–water partition coefficient (Wildman–Crippen LogP) is 5.23. The molecule has 27 heavy (non-hydrogen) atoms. The van der Waals surface area contributed by atoms with Crippen LogP contribution < -0.4 is 4.74 Å². The van der Waals surface area contributed by atoms with Crippen molar-refractivity contribution in [3.8, 4) is 5.75 Å². The van der Waals surface area contributed by atoms with Gasteiger partial charge in [-0.15, -0.1) is 11.3 Å². The minimum atomic E-state index is -0.481. The van der Waals surface area contributed by atoms with Gasteiger partial charge in [0.15, 0.2) is 6.10 Å². The fraction of sp³-hybridized carbons (Fsp3) is 0.333. The molecule has 0 radical (unpaired) electrons. The van der Waals surface area contributed by atoms with E-state index in [-0.39, 0.29) is 5.91 Å². The molecule has 1 atom stereocenters. The molecule has 0 bridgehead atoms. The minimum absolute atomic E-state index is 0.0562.